The van der Waals surface area contributed by atoms with Crippen LogP contribution in [0.3, 0.4) is 0 Å². The maximum absolute atomic E-state index is 8.82. The molecule has 2 nitrogen and oxygen atoms in total. The van der Waals surface area contributed by atoms with Crippen molar-refractivity contribution in [2.45, 2.75) is 6.92 Å². The van der Waals surface area contributed by atoms with Crippen molar-refractivity contribution in [2.75, 3.05) is 0 Å². The summed E-state index contributed by atoms with van der Waals surface area (Å²) in [7, 11) is -1.47. The van der Waals surface area contributed by atoms with Crippen molar-refractivity contribution < 1.29 is 10.0 Å². The van der Waals surface area contributed by atoms with Crippen LogP contribution in [-0.4, -0.2) is 17.2 Å². The molecule has 0 saturated heterocycles. The summed E-state index contributed by atoms with van der Waals surface area (Å²) >= 11 is 0. The van der Waals surface area contributed by atoms with E-state index in [1.807, 2.05) is 25.1 Å². The first-order chi connectivity index (χ1) is 5.61. The van der Waals surface area contributed by atoms with Gasteiger partial charge in [0, 0.05) is 0 Å². The quantitative estimate of drug-likeness (QED) is 0.637. The van der Waals surface area contributed by atoms with E-state index in [0.717, 1.165) is 11.1 Å². The zero-order valence-electron chi connectivity index (χ0n) is 6.99. The second-order valence-corrected chi connectivity index (χ2v) is 2.77. The lowest BCUT2D eigenvalue weighted by Gasteiger charge is -2.04. The third-order valence-corrected chi connectivity index (χ3v) is 1.70. The van der Waals surface area contributed by atoms with Crippen LogP contribution in [0.15, 0.2) is 30.8 Å². The molecule has 3 heteroatoms. The Hall–Kier alpha value is -1.06. The summed E-state index contributed by atoms with van der Waals surface area (Å²) < 4.78 is 0. The summed E-state index contributed by atoms with van der Waals surface area (Å²) in [6, 6.07) is 7.47. The summed E-state index contributed by atoms with van der Waals surface area (Å²) in [6.45, 7) is 5.51. The predicted molar refractivity (Wildman–Crippen MR) is 50.4 cm³/mol. The lowest BCUT2D eigenvalue weighted by atomic mass is 9.76. The Morgan fingerprint density at radius 3 is 2.58 bits per heavy atom. The largest absolute Gasteiger partial charge is 0.488 e. The third kappa shape index (κ3) is 1.97. The van der Waals surface area contributed by atoms with Gasteiger partial charge in [0.25, 0.3) is 0 Å². The number of aryl methyl sites for hydroxylation is 1. The normalized spacial score (nSPS) is 9.58. The second-order valence-electron chi connectivity index (χ2n) is 2.77. The molecule has 62 valence electrons. The second kappa shape index (κ2) is 3.56. The van der Waals surface area contributed by atoms with Crippen molar-refractivity contribution in [2.24, 2.45) is 0 Å². The molecule has 1 rings (SSSR count). The average molecular weight is 162 g/mol. The molecule has 0 amide bonds. The molecule has 0 aliphatic carbocycles. The predicted octanol–water partition coefficient (Wildman–Crippen LogP) is 1.02. The Bertz CT molecular complexity index is 294. The molecule has 0 aromatic heterocycles. The minimum absolute atomic E-state index is 0.332. The van der Waals surface area contributed by atoms with E-state index in [9.17, 15) is 0 Å². The van der Waals surface area contributed by atoms with E-state index < -0.39 is 7.12 Å². The minimum Gasteiger partial charge on any atom is -0.423 e. The van der Waals surface area contributed by atoms with Crippen LogP contribution in [-0.2, 0) is 0 Å². The molecule has 0 atom stereocenters. The highest BCUT2D eigenvalue weighted by atomic mass is 16.4. The molecule has 0 unspecified atom stereocenters. The third-order valence-electron chi connectivity index (χ3n) is 1.70. The van der Waals surface area contributed by atoms with Crippen molar-refractivity contribution in [3.05, 3.63) is 42.0 Å². The average Bonchev–Trinajstić information content (AvgIpc) is 2.03. The van der Waals surface area contributed by atoms with Crippen LogP contribution in [0, 0.1) is 6.92 Å². The van der Waals surface area contributed by atoms with Gasteiger partial charge in [0.15, 0.2) is 0 Å². The van der Waals surface area contributed by atoms with E-state index in [1.54, 1.807) is 6.07 Å². The van der Waals surface area contributed by atoms with Gasteiger partial charge in [-0.1, -0.05) is 36.4 Å². The van der Waals surface area contributed by atoms with Crippen LogP contribution in [0.4, 0.5) is 0 Å². The molecule has 0 fully saturated rings. The fourth-order valence-electron chi connectivity index (χ4n) is 0.994. The first-order valence-corrected chi connectivity index (χ1v) is 3.73. The van der Waals surface area contributed by atoms with Crippen molar-refractivity contribution in [1.82, 2.24) is 0 Å². The summed E-state index contributed by atoms with van der Waals surface area (Å²) in [6.07, 6.45) is 0. The zero-order valence-corrected chi connectivity index (χ0v) is 6.99. The molecular weight excluding hydrogens is 151 g/mol. The maximum atomic E-state index is 8.82. The smallest absolute Gasteiger partial charge is 0.423 e. The Morgan fingerprint density at radius 1 is 1.42 bits per heavy atom. The molecule has 1 aromatic rings. The Kier molecular flexibility index (Phi) is 2.68. The highest BCUT2D eigenvalue weighted by molar-refractivity contribution is 6.65. The van der Waals surface area contributed by atoms with Crippen molar-refractivity contribution >= 4 is 12.6 Å². The van der Waals surface area contributed by atoms with Gasteiger partial charge in [0.05, 0.1) is 0 Å². The molecular formula is C9H11BO2. The minimum atomic E-state index is -1.47. The van der Waals surface area contributed by atoms with Gasteiger partial charge in [-0.2, -0.15) is 0 Å². The van der Waals surface area contributed by atoms with Gasteiger partial charge in [0.2, 0.25) is 0 Å². The van der Waals surface area contributed by atoms with Crippen LogP contribution in [0.25, 0.3) is 5.47 Å². The van der Waals surface area contributed by atoms with E-state index in [4.69, 9.17) is 10.0 Å². The molecule has 0 spiro atoms. The molecule has 0 saturated carbocycles. The van der Waals surface area contributed by atoms with Gasteiger partial charge in [-0.15, -0.1) is 0 Å². The standard InChI is InChI=1S/C9H11BO2/c1-7-4-3-5-9(6-7)8(2)10(11)12/h3-6,11-12H,2H2,1H3. The molecule has 1 aromatic carbocycles. The first kappa shape index (κ1) is 9.04. The summed E-state index contributed by atoms with van der Waals surface area (Å²) in [5.74, 6) is 0. The molecule has 0 radical (unpaired) electrons. The molecule has 0 heterocycles. The van der Waals surface area contributed by atoms with E-state index in [1.165, 1.54) is 0 Å². The van der Waals surface area contributed by atoms with Crippen molar-refractivity contribution in [3.63, 3.8) is 0 Å². The zero-order chi connectivity index (χ0) is 9.14. The summed E-state index contributed by atoms with van der Waals surface area (Å²) in [5, 5.41) is 17.6. The van der Waals surface area contributed by atoms with E-state index in [0.29, 0.717) is 5.47 Å². The Morgan fingerprint density at radius 2 is 2.08 bits per heavy atom. The molecule has 12 heavy (non-hydrogen) atoms. The van der Waals surface area contributed by atoms with Gasteiger partial charge >= 0.3 is 7.12 Å². The summed E-state index contributed by atoms with van der Waals surface area (Å²) in [5.41, 5.74) is 2.18. The van der Waals surface area contributed by atoms with E-state index in [-0.39, 0.29) is 0 Å². The number of hydrogen-bond donors (Lipinski definition) is 2. The van der Waals surface area contributed by atoms with Crippen LogP contribution >= 0.6 is 0 Å². The van der Waals surface area contributed by atoms with Crippen LogP contribution in [0.1, 0.15) is 11.1 Å². The lowest BCUT2D eigenvalue weighted by molar-refractivity contribution is 0.427. The molecule has 0 aliphatic rings. The first-order valence-electron chi connectivity index (χ1n) is 3.73. The highest BCUT2D eigenvalue weighted by Gasteiger charge is 2.13. The number of hydrogen-bond acceptors (Lipinski definition) is 2. The molecule has 0 aliphatic heterocycles. The van der Waals surface area contributed by atoms with Gasteiger partial charge in [-0.25, -0.2) is 0 Å². The van der Waals surface area contributed by atoms with Crippen LogP contribution < -0.4 is 0 Å². The van der Waals surface area contributed by atoms with Gasteiger partial charge in [-0.3, -0.25) is 0 Å². The Balaban J connectivity index is 2.96. The monoisotopic (exact) mass is 162 g/mol. The van der Waals surface area contributed by atoms with Gasteiger partial charge in [0.1, 0.15) is 0 Å². The molecule has 2 N–H and O–H groups in total. The maximum Gasteiger partial charge on any atom is 0.488 e. The molecule has 0 bridgehead atoms. The summed E-state index contributed by atoms with van der Waals surface area (Å²) in [4.78, 5) is 0. The fourth-order valence-corrected chi connectivity index (χ4v) is 0.994. The van der Waals surface area contributed by atoms with Crippen LogP contribution in [0.5, 0.6) is 0 Å². The fraction of sp³-hybridized carbons (Fsp3) is 0.111. The SMILES string of the molecule is C=C(B(O)O)c1cccc(C)c1. The van der Waals surface area contributed by atoms with Crippen molar-refractivity contribution in [1.29, 1.82) is 0 Å². The van der Waals surface area contributed by atoms with Gasteiger partial charge in [-0.05, 0) is 18.0 Å². The van der Waals surface area contributed by atoms with E-state index in [2.05, 4.69) is 6.58 Å². The topological polar surface area (TPSA) is 40.5 Å². The van der Waals surface area contributed by atoms with Crippen LogP contribution in [0.2, 0.25) is 0 Å². The lowest BCUT2D eigenvalue weighted by Crippen LogP contribution is -2.13. The number of benzene rings is 1. The van der Waals surface area contributed by atoms with E-state index >= 15 is 0 Å². The number of rotatable bonds is 2. The van der Waals surface area contributed by atoms with Crippen molar-refractivity contribution in [3.8, 4) is 0 Å². The Labute approximate surface area is 72.3 Å². The van der Waals surface area contributed by atoms with Gasteiger partial charge < -0.3 is 10.0 Å². The highest BCUT2D eigenvalue weighted by Crippen LogP contribution is 2.14.